The predicted molar refractivity (Wildman–Crippen MR) is 298 cm³/mol. The Kier molecular flexibility index (Phi) is 8.66. The highest BCUT2D eigenvalue weighted by Crippen LogP contribution is 2.50. The maximum atomic E-state index is 6.77. The Morgan fingerprint density at radius 2 is 1.00 bits per heavy atom. The molecular weight excluding hydrogens is 861 g/mol. The Balaban J connectivity index is 0.891. The van der Waals surface area contributed by atoms with Crippen LogP contribution in [0.1, 0.15) is 0 Å². The number of nitrogens with zero attached hydrogens (tertiary/aromatic N) is 2. The fourth-order valence-electron chi connectivity index (χ4n) is 11.7. The summed E-state index contributed by atoms with van der Waals surface area (Å²) in [5.74, 6) is 0. The van der Waals surface area contributed by atoms with Gasteiger partial charge in [0, 0.05) is 44.0 Å². The van der Waals surface area contributed by atoms with Crippen molar-refractivity contribution in [3.05, 3.63) is 255 Å². The predicted octanol–water partition coefficient (Wildman–Crippen LogP) is 19.1. The molecular formula is C68H42N2O. The molecule has 0 fully saturated rings. The summed E-state index contributed by atoms with van der Waals surface area (Å²) in [5, 5.41) is 9.75. The molecule has 0 bridgehead atoms. The maximum Gasteiger partial charge on any atom is 0.159 e. The standard InChI is InChI=1S/C68H42N2O/c1-2-15-43(16-3-1)61-42-51(70-63-28-10-8-24-56(63)59-37-33-44-17-4-5-21-53(44)67(59)70)36-38-52(61)45-31-34-49(35-32-45)69(64-29-14-27-60-57-25-9-11-30-65(57)71-68(60)64)50-20-12-18-46(40-50)48-39-47-19-13-26-58-54-22-6-7-23-55(54)62(41-48)66(47)58/h1-42H. The number of furan rings is 1. The minimum Gasteiger partial charge on any atom is -0.454 e. The average molecular weight is 903 g/mol. The van der Waals surface area contributed by atoms with Crippen molar-refractivity contribution < 1.29 is 4.42 Å². The van der Waals surface area contributed by atoms with Crippen LogP contribution in [0.5, 0.6) is 0 Å². The molecule has 12 aromatic carbocycles. The van der Waals surface area contributed by atoms with Gasteiger partial charge in [-0.3, -0.25) is 0 Å². The molecule has 0 spiro atoms. The number of rotatable bonds is 7. The zero-order chi connectivity index (χ0) is 46.6. The molecule has 0 amide bonds. The second-order valence-electron chi connectivity index (χ2n) is 18.8. The molecule has 0 radical (unpaired) electrons. The number of hydrogen-bond acceptors (Lipinski definition) is 2. The van der Waals surface area contributed by atoms with Crippen LogP contribution in [-0.4, -0.2) is 4.57 Å². The summed E-state index contributed by atoms with van der Waals surface area (Å²) < 4.78 is 9.23. The number of benzene rings is 12. The minimum absolute atomic E-state index is 0.853. The van der Waals surface area contributed by atoms with Gasteiger partial charge in [0.05, 0.1) is 16.7 Å². The van der Waals surface area contributed by atoms with E-state index in [1.165, 1.54) is 87.9 Å². The molecule has 2 heterocycles. The first-order valence-corrected chi connectivity index (χ1v) is 24.4. The first-order valence-electron chi connectivity index (χ1n) is 24.4. The SMILES string of the molecule is c1ccc(-c2cc(-n3c4ccccc4c4ccc5ccccc5c43)ccc2-c2ccc(N(c3cccc(-c4cc5c6c(cccc6c4)-c4ccccc4-5)c3)c3cccc4c3oc3ccccc34)cc2)cc1. The van der Waals surface area contributed by atoms with Crippen LogP contribution < -0.4 is 4.90 Å². The molecule has 0 N–H and O–H groups in total. The molecule has 0 atom stereocenters. The van der Waals surface area contributed by atoms with Gasteiger partial charge in [0.1, 0.15) is 5.58 Å². The van der Waals surface area contributed by atoms with Crippen LogP contribution in [0.3, 0.4) is 0 Å². The topological polar surface area (TPSA) is 21.3 Å². The van der Waals surface area contributed by atoms with Crippen LogP contribution in [0.15, 0.2) is 259 Å². The van der Waals surface area contributed by atoms with Crippen molar-refractivity contribution in [1.82, 2.24) is 4.57 Å². The summed E-state index contributed by atoms with van der Waals surface area (Å²) in [5.41, 5.74) is 20.5. The van der Waals surface area contributed by atoms with Gasteiger partial charge in [-0.2, -0.15) is 0 Å². The Labute approximate surface area is 410 Å². The molecule has 3 nitrogen and oxygen atoms in total. The Morgan fingerprint density at radius 1 is 0.324 bits per heavy atom. The smallest absolute Gasteiger partial charge is 0.159 e. The summed E-state index contributed by atoms with van der Waals surface area (Å²) in [6, 6.07) is 93.0. The third-order valence-corrected chi connectivity index (χ3v) is 14.9. The summed E-state index contributed by atoms with van der Waals surface area (Å²) in [6.45, 7) is 0. The van der Waals surface area contributed by atoms with Gasteiger partial charge in [0.15, 0.2) is 5.58 Å². The van der Waals surface area contributed by atoms with E-state index in [0.29, 0.717) is 0 Å². The Bertz CT molecular complexity index is 4460. The first kappa shape index (κ1) is 39.5. The van der Waals surface area contributed by atoms with E-state index in [2.05, 4.69) is 258 Å². The largest absolute Gasteiger partial charge is 0.454 e. The van der Waals surface area contributed by atoms with E-state index in [4.69, 9.17) is 4.42 Å². The van der Waals surface area contributed by atoms with Gasteiger partial charge in [0.25, 0.3) is 0 Å². The number of anilines is 3. The van der Waals surface area contributed by atoms with E-state index in [1.807, 2.05) is 6.07 Å². The van der Waals surface area contributed by atoms with Gasteiger partial charge < -0.3 is 13.9 Å². The number of para-hydroxylation sites is 3. The van der Waals surface area contributed by atoms with Crippen molar-refractivity contribution in [2.45, 2.75) is 0 Å². The van der Waals surface area contributed by atoms with Crippen molar-refractivity contribution >= 4 is 82.4 Å². The highest BCUT2D eigenvalue weighted by atomic mass is 16.3. The fraction of sp³-hybridized carbons (Fsp3) is 0. The molecule has 71 heavy (non-hydrogen) atoms. The van der Waals surface area contributed by atoms with Crippen LogP contribution in [0.2, 0.25) is 0 Å². The summed E-state index contributed by atoms with van der Waals surface area (Å²) in [7, 11) is 0. The van der Waals surface area contributed by atoms with Crippen molar-refractivity contribution in [2.75, 3.05) is 4.90 Å². The zero-order valence-corrected chi connectivity index (χ0v) is 38.6. The molecule has 0 unspecified atom stereocenters. The highest BCUT2D eigenvalue weighted by Gasteiger charge is 2.24. The molecule has 0 saturated heterocycles. The molecule has 3 heteroatoms. The van der Waals surface area contributed by atoms with E-state index in [0.717, 1.165) is 55.8 Å². The van der Waals surface area contributed by atoms with Gasteiger partial charge in [-0.1, -0.05) is 188 Å². The second-order valence-corrected chi connectivity index (χ2v) is 18.8. The zero-order valence-electron chi connectivity index (χ0n) is 38.6. The van der Waals surface area contributed by atoms with Crippen LogP contribution in [-0.2, 0) is 0 Å². The number of fused-ring (bicyclic) bond motifs is 11. The van der Waals surface area contributed by atoms with Crippen molar-refractivity contribution in [1.29, 1.82) is 0 Å². The normalized spacial score (nSPS) is 11.9. The molecule has 14 aromatic rings. The molecule has 0 aliphatic heterocycles. The Morgan fingerprint density at radius 3 is 1.89 bits per heavy atom. The fourth-order valence-corrected chi connectivity index (χ4v) is 11.7. The first-order chi connectivity index (χ1) is 35.2. The highest BCUT2D eigenvalue weighted by molar-refractivity contribution is 6.19. The van der Waals surface area contributed by atoms with Gasteiger partial charge in [-0.25, -0.2) is 0 Å². The number of hydrogen-bond donors (Lipinski definition) is 0. The molecule has 0 saturated carbocycles. The van der Waals surface area contributed by atoms with E-state index in [9.17, 15) is 0 Å². The lowest BCUT2D eigenvalue weighted by molar-refractivity contribution is 0.669. The molecule has 1 aliphatic rings. The van der Waals surface area contributed by atoms with E-state index < -0.39 is 0 Å². The monoisotopic (exact) mass is 902 g/mol. The average Bonchev–Trinajstić information content (AvgIpc) is 4.11. The third kappa shape index (κ3) is 6.10. The quantitative estimate of drug-likeness (QED) is 0.159. The molecule has 1 aliphatic carbocycles. The van der Waals surface area contributed by atoms with Crippen LogP contribution in [0, 0.1) is 0 Å². The van der Waals surface area contributed by atoms with E-state index >= 15 is 0 Å². The molecule has 330 valence electrons. The van der Waals surface area contributed by atoms with Crippen LogP contribution in [0.4, 0.5) is 17.1 Å². The third-order valence-electron chi connectivity index (χ3n) is 14.9. The molecule has 2 aromatic heterocycles. The van der Waals surface area contributed by atoms with Crippen molar-refractivity contribution in [2.24, 2.45) is 0 Å². The van der Waals surface area contributed by atoms with Gasteiger partial charge in [0.2, 0.25) is 0 Å². The number of aromatic nitrogens is 1. The maximum absolute atomic E-state index is 6.77. The van der Waals surface area contributed by atoms with Gasteiger partial charge >= 0.3 is 0 Å². The van der Waals surface area contributed by atoms with E-state index in [1.54, 1.807) is 0 Å². The van der Waals surface area contributed by atoms with Crippen molar-refractivity contribution in [3.8, 4) is 61.3 Å². The lowest BCUT2D eigenvalue weighted by Gasteiger charge is -2.26. The van der Waals surface area contributed by atoms with Gasteiger partial charge in [-0.05, 0) is 139 Å². The Hall–Kier alpha value is -9.44. The van der Waals surface area contributed by atoms with Gasteiger partial charge in [-0.15, -0.1) is 0 Å². The lowest BCUT2D eigenvalue weighted by atomic mass is 9.93. The summed E-state index contributed by atoms with van der Waals surface area (Å²) in [4.78, 5) is 2.36. The minimum atomic E-state index is 0.853. The summed E-state index contributed by atoms with van der Waals surface area (Å²) in [6.07, 6.45) is 0. The van der Waals surface area contributed by atoms with E-state index in [-0.39, 0.29) is 0 Å². The lowest BCUT2D eigenvalue weighted by Crippen LogP contribution is -2.10. The van der Waals surface area contributed by atoms with Crippen LogP contribution in [0.25, 0.3) is 127 Å². The molecule has 15 rings (SSSR count). The van der Waals surface area contributed by atoms with Crippen LogP contribution >= 0.6 is 0 Å². The summed E-state index contributed by atoms with van der Waals surface area (Å²) >= 11 is 0. The second kappa shape index (κ2) is 15.5. The van der Waals surface area contributed by atoms with Crippen molar-refractivity contribution in [3.63, 3.8) is 0 Å².